The average molecular weight is 314 g/mol. The van der Waals surface area contributed by atoms with Crippen LogP contribution in [0.1, 0.15) is 37.3 Å². The zero-order valence-corrected chi connectivity index (χ0v) is 13.9. The number of aromatic nitrogens is 3. The fraction of sp³-hybridized carbons (Fsp3) is 0.647. The lowest BCUT2D eigenvalue weighted by Gasteiger charge is -2.41. The fourth-order valence-corrected chi connectivity index (χ4v) is 4.21. The highest BCUT2D eigenvalue weighted by atomic mass is 15.3. The first-order chi connectivity index (χ1) is 11.2. The molecular formula is C17H26N6. The molecule has 0 bridgehead atoms. The third-order valence-corrected chi connectivity index (χ3v) is 5.68. The highest BCUT2D eigenvalue weighted by molar-refractivity contribution is 5.65. The van der Waals surface area contributed by atoms with E-state index >= 15 is 0 Å². The molecule has 0 unspecified atom stereocenters. The van der Waals surface area contributed by atoms with Gasteiger partial charge in [-0.15, -0.1) is 0 Å². The van der Waals surface area contributed by atoms with Gasteiger partial charge >= 0.3 is 0 Å². The SMILES string of the molecule is CN1CCN(C2CCC(c3ccc4c(N)ncnn34)CC2)CC1. The maximum atomic E-state index is 5.95. The van der Waals surface area contributed by atoms with Gasteiger partial charge in [0.05, 0.1) is 0 Å². The number of piperazine rings is 1. The lowest BCUT2D eigenvalue weighted by Crippen LogP contribution is -2.49. The molecule has 0 amide bonds. The second kappa shape index (κ2) is 6.09. The van der Waals surface area contributed by atoms with E-state index in [9.17, 15) is 0 Å². The monoisotopic (exact) mass is 314 g/mol. The van der Waals surface area contributed by atoms with Gasteiger partial charge in [-0.05, 0) is 44.9 Å². The molecule has 4 rings (SSSR count). The summed E-state index contributed by atoms with van der Waals surface area (Å²) in [5.74, 6) is 1.16. The van der Waals surface area contributed by atoms with Gasteiger partial charge in [-0.3, -0.25) is 4.90 Å². The van der Waals surface area contributed by atoms with Crippen LogP contribution in [-0.2, 0) is 0 Å². The van der Waals surface area contributed by atoms with Crippen LogP contribution in [-0.4, -0.2) is 63.7 Å². The Balaban J connectivity index is 1.44. The first-order valence-corrected chi connectivity index (χ1v) is 8.73. The Morgan fingerprint density at radius 2 is 1.78 bits per heavy atom. The normalized spacial score (nSPS) is 27.5. The molecule has 1 aliphatic carbocycles. The van der Waals surface area contributed by atoms with Crippen molar-refractivity contribution in [1.29, 1.82) is 0 Å². The van der Waals surface area contributed by atoms with E-state index in [0.717, 1.165) is 11.6 Å². The van der Waals surface area contributed by atoms with Gasteiger partial charge in [0.25, 0.3) is 0 Å². The van der Waals surface area contributed by atoms with E-state index in [1.165, 1.54) is 57.6 Å². The number of rotatable bonds is 2. The zero-order valence-electron chi connectivity index (χ0n) is 13.9. The third kappa shape index (κ3) is 2.81. The molecule has 0 aromatic carbocycles. The summed E-state index contributed by atoms with van der Waals surface area (Å²) in [5.41, 5.74) is 8.18. The van der Waals surface area contributed by atoms with Crippen molar-refractivity contribution >= 4 is 11.3 Å². The molecule has 23 heavy (non-hydrogen) atoms. The molecular weight excluding hydrogens is 288 g/mol. The lowest BCUT2D eigenvalue weighted by molar-refractivity contribution is 0.0874. The average Bonchev–Trinajstić information content (AvgIpc) is 3.01. The Hall–Kier alpha value is -1.66. The smallest absolute Gasteiger partial charge is 0.151 e. The molecule has 6 heteroatoms. The highest BCUT2D eigenvalue weighted by Crippen LogP contribution is 2.35. The first-order valence-electron chi connectivity index (χ1n) is 8.73. The summed E-state index contributed by atoms with van der Waals surface area (Å²) in [6.07, 6.45) is 6.63. The molecule has 1 aliphatic heterocycles. The standard InChI is InChI=1S/C17H26N6/c1-21-8-10-22(11-9-21)14-4-2-13(3-5-14)15-6-7-16-17(18)19-12-20-23(15)16/h6-7,12-14H,2-5,8-11H2,1H3,(H2,18,19,20). The summed E-state index contributed by atoms with van der Waals surface area (Å²) in [7, 11) is 2.22. The molecule has 2 aliphatic rings. The maximum Gasteiger partial charge on any atom is 0.151 e. The summed E-state index contributed by atoms with van der Waals surface area (Å²) >= 11 is 0. The van der Waals surface area contributed by atoms with Crippen molar-refractivity contribution in [3.63, 3.8) is 0 Å². The molecule has 3 heterocycles. The molecule has 2 aromatic rings. The summed E-state index contributed by atoms with van der Waals surface area (Å²) in [4.78, 5) is 9.21. The van der Waals surface area contributed by atoms with Gasteiger partial charge < -0.3 is 10.6 Å². The number of likely N-dealkylation sites (N-methyl/N-ethyl adjacent to an activating group) is 1. The summed E-state index contributed by atoms with van der Waals surface area (Å²) in [6.45, 7) is 4.87. The zero-order chi connectivity index (χ0) is 15.8. The number of nitrogen functional groups attached to an aromatic ring is 1. The number of nitrogens with two attached hydrogens (primary N) is 1. The molecule has 124 valence electrons. The molecule has 6 nitrogen and oxygen atoms in total. The number of hydrogen-bond donors (Lipinski definition) is 1. The van der Waals surface area contributed by atoms with Crippen LogP contribution in [0.15, 0.2) is 18.5 Å². The van der Waals surface area contributed by atoms with E-state index in [1.54, 1.807) is 6.33 Å². The molecule has 2 aromatic heterocycles. The van der Waals surface area contributed by atoms with Crippen LogP contribution in [0.4, 0.5) is 5.82 Å². The van der Waals surface area contributed by atoms with Crippen molar-refractivity contribution in [3.8, 4) is 0 Å². The molecule has 0 radical (unpaired) electrons. The second-order valence-corrected chi connectivity index (χ2v) is 7.05. The predicted molar refractivity (Wildman–Crippen MR) is 91.5 cm³/mol. The third-order valence-electron chi connectivity index (χ3n) is 5.68. The summed E-state index contributed by atoms with van der Waals surface area (Å²) in [6, 6.07) is 5.00. The van der Waals surface area contributed by atoms with Gasteiger partial charge in [0, 0.05) is 43.8 Å². The molecule has 1 saturated heterocycles. The Labute approximate surface area is 137 Å². The Morgan fingerprint density at radius 1 is 1.04 bits per heavy atom. The quantitative estimate of drug-likeness (QED) is 0.912. The van der Waals surface area contributed by atoms with Crippen molar-refractivity contribution in [2.75, 3.05) is 39.0 Å². The fourth-order valence-electron chi connectivity index (χ4n) is 4.21. The topological polar surface area (TPSA) is 62.7 Å². The van der Waals surface area contributed by atoms with Crippen molar-refractivity contribution < 1.29 is 0 Å². The first kappa shape index (κ1) is 14.9. The largest absolute Gasteiger partial charge is 0.382 e. The minimum absolute atomic E-state index is 0.567. The van der Waals surface area contributed by atoms with E-state index in [0.29, 0.717) is 11.7 Å². The number of anilines is 1. The minimum atomic E-state index is 0.567. The van der Waals surface area contributed by atoms with Gasteiger partial charge in [0.1, 0.15) is 11.8 Å². The van der Waals surface area contributed by atoms with Crippen LogP contribution >= 0.6 is 0 Å². The van der Waals surface area contributed by atoms with Gasteiger partial charge in [0.2, 0.25) is 0 Å². The van der Waals surface area contributed by atoms with E-state index in [4.69, 9.17) is 5.73 Å². The Kier molecular flexibility index (Phi) is 3.95. The van der Waals surface area contributed by atoms with Crippen LogP contribution in [0.5, 0.6) is 0 Å². The number of hydrogen-bond acceptors (Lipinski definition) is 5. The van der Waals surface area contributed by atoms with Crippen LogP contribution in [0.3, 0.4) is 0 Å². The Bertz CT molecular complexity index is 665. The van der Waals surface area contributed by atoms with Gasteiger partial charge in [-0.25, -0.2) is 9.50 Å². The maximum absolute atomic E-state index is 5.95. The minimum Gasteiger partial charge on any atom is -0.382 e. The van der Waals surface area contributed by atoms with Gasteiger partial charge in [-0.1, -0.05) is 0 Å². The van der Waals surface area contributed by atoms with Crippen molar-refractivity contribution in [2.45, 2.75) is 37.6 Å². The molecule has 0 atom stereocenters. The Morgan fingerprint density at radius 3 is 2.52 bits per heavy atom. The van der Waals surface area contributed by atoms with Crippen LogP contribution in [0.25, 0.3) is 5.52 Å². The van der Waals surface area contributed by atoms with Crippen molar-refractivity contribution in [3.05, 3.63) is 24.2 Å². The van der Waals surface area contributed by atoms with Crippen LogP contribution in [0, 0.1) is 0 Å². The molecule has 1 saturated carbocycles. The van der Waals surface area contributed by atoms with E-state index in [-0.39, 0.29) is 0 Å². The van der Waals surface area contributed by atoms with E-state index in [1.807, 2.05) is 4.52 Å². The van der Waals surface area contributed by atoms with E-state index < -0.39 is 0 Å². The van der Waals surface area contributed by atoms with Crippen molar-refractivity contribution in [2.24, 2.45) is 0 Å². The summed E-state index contributed by atoms with van der Waals surface area (Å²) < 4.78 is 1.99. The number of nitrogens with zero attached hydrogens (tertiary/aromatic N) is 5. The molecule has 2 fully saturated rings. The highest BCUT2D eigenvalue weighted by Gasteiger charge is 2.29. The summed E-state index contributed by atoms with van der Waals surface area (Å²) in [5, 5.41) is 4.40. The predicted octanol–water partition coefficient (Wildman–Crippen LogP) is 1.59. The number of fused-ring (bicyclic) bond motifs is 1. The van der Waals surface area contributed by atoms with Gasteiger partial charge in [-0.2, -0.15) is 5.10 Å². The second-order valence-electron chi connectivity index (χ2n) is 7.05. The van der Waals surface area contributed by atoms with Gasteiger partial charge in [0.15, 0.2) is 5.82 Å². The lowest BCUT2D eigenvalue weighted by atomic mass is 9.83. The van der Waals surface area contributed by atoms with Crippen LogP contribution in [0.2, 0.25) is 0 Å². The van der Waals surface area contributed by atoms with E-state index in [2.05, 4.69) is 39.1 Å². The molecule has 0 spiro atoms. The van der Waals surface area contributed by atoms with Crippen molar-refractivity contribution in [1.82, 2.24) is 24.4 Å². The molecule has 2 N–H and O–H groups in total. The van der Waals surface area contributed by atoms with Crippen LogP contribution < -0.4 is 5.73 Å².